The van der Waals surface area contributed by atoms with E-state index in [1.807, 2.05) is 0 Å². The lowest BCUT2D eigenvalue weighted by Crippen LogP contribution is -1.93. The van der Waals surface area contributed by atoms with Crippen molar-refractivity contribution in [3.63, 3.8) is 0 Å². The van der Waals surface area contributed by atoms with E-state index in [4.69, 9.17) is 10.2 Å². The average Bonchev–Trinajstić information content (AvgIpc) is 2.75. The number of rotatable bonds is 24. The molecule has 204 valence electrons. The van der Waals surface area contributed by atoms with Crippen molar-refractivity contribution in [2.24, 2.45) is 11.8 Å². The maximum absolute atomic E-state index is 10.3. The molecule has 0 heterocycles. The van der Waals surface area contributed by atoms with Gasteiger partial charge in [0, 0.05) is 12.8 Å². The first-order chi connectivity index (χ1) is 16.3. The van der Waals surface area contributed by atoms with E-state index in [0.29, 0.717) is 12.8 Å². The summed E-state index contributed by atoms with van der Waals surface area (Å²) in [6, 6.07) is 0. The van der Waals surface area contributed by atoms with Crippen LogP contribution in [0, 0.1) is 11.8 Å². The van der Waals surface area contributed by atoms with Gasteiger partial charge in [0.05, 0.1) is 0 Å². The number of hydrogen-bond donors (Lipinski definition) is 2. The molecule has 4 heteroatoms. The fourth-order valence-corrected chi connectivity index (χ4v) is 4.13. The van der Waals surface area contributed by atoms with E-state index in [2.05, 4.69) is 27.7 Å². The number of unbranched alkanes of at least 4 members (excludes halogenated alkanes) is 16. The van der Waals surface area contributed by atoms with Gasteiger partial charge in [-0.2, -0.15) is 0 Å². The highest BCUT2D eigenvalue weighted by Crippen LogP contribution is 2.14. The van der Waals surface area contributed by atoms with Crippen LogP contribution < -0.4 is 0 Å². The number of carboxylic acids is 2. The van der Waals surface area contributed by atoms with Gasteiger partial charge in [0.1, 0.15) is 0 Å². The molecule has 0 aromatic rings. The molecule has 0 fully saturated rings. The summed E-state index contributed by atoms with van der Waals surface area (Å²) in [5.74, 6) is 0.388. The van der Waals surface area contributed by atoms with Crippen LogP contribution in [-0.2, 0) is 9.59 Å². The molecule has 34 heavy (non-hydrogen) atoms. The van der Waals surface area contributed by atoms with E-state index in [-0.39, 0.29) is 0 Å². The largest absolute Gasteiger partial charge is 0.481 e. The zero-order chi connectivity index (χ0) is 25.9. The molecule has 0 rings (SSSR count). The van der Waals surface area contributed by atoms with Crippen LogP contribution in [0.15, 0.2) is 0 Å². The lowest BCUT2D eigenvalue weighted by Gasteiger charge is -2.04. The van der Waals surface area contributed by atoms with Crippen molar-refractivity contribution in [3.8, 4) is 0 Å². The molecule has 0 aliphatic carbocycles. The maximum Gasteiger partial charge on any atom is 0.303 e. The fourth-order valence-electron chi connectivity index (χ4n) is 4.13. The van der Waals surface area contributed by atoms with Crippen LogP contribution in [0.25, 0.3) is 0 Å². The second kappa shape index (κ2) is 28.2. The Bertz CT molecular complexity index is 392. The predicted molar refractivity (Wildman–Crippen MR) is 147 cm³/mol. The summed E-state index contributed by atoms with van der Waals surface area (Å²) >= 11 is 0. The lowest BCUT2D eigenvalue weighted by molar-refractivity contribution is -0.138. The van der Waals surface area contributed by atoms with Crippen molar-refractivity contribution >= 4 is 11.9 Å². The second-order valence-corrected chi connectivity index (χ2v) is 11.0. The van der Waals surface area contributed by atoms with Crippen LogP contribution in [-0.4, -0.2) is 22.2 Å². The Kier molecular flexibility index (Phi) is 29.1. The zero-order valence-electron chi connectivity index (χ0n) is 23.4. The van der Waals surface area contributed by atoms with Crippen LogP contribution in [0.4, 0.5) is 0 Å². The summed E-state index contributed by atoms with van der Waals surface area (Å²) in [6.07, 6.45) is 25.9. The molecule has 0 aliphatic rings. The van der Waals surface area contributed by atoms with E-state index >= 15 is 0 Å². The van der Waals surface area contributed by atoms with Gasteiger partial charge >= 0.3 is 11.9 Å². The van der Waals surface area contributed by atoms with Gasteiger partial charge in [-0.15, -0.1) is 0 Å². The highest BCUT2D eigenvalue weighted by Gasteiger charge is 1.99. The van der Waals surface area contributed by atoms with E-state index < -0.39 is 11.9 Å². The third kappa shape index (κ3) is 38.2. The molecule has 0 aromatic heterocycles. The second-order valence-electron chi connectivity index (χ2n) is 11.0. The SMILES string of the molecule is CC(C)CCCCCCCCCCCC(=O)O.CC(C)CCCCCCCCCCCC(=O)O. The van der Waals surface area contributed by atoms with Crippen LogP contribution in [0.5, 0.6) is 0 Å². The molecule has 4 nitrogen and oxygen atoms in total. The third-order valence-electron chi connectivity index (χ3n) is 6.34. The van der Waals surface area contributed by atoms with Crippen LogP contribution in [0.2, 0.25) is 0 Å². The number of aliphatic carboxylic acids is 2. The van der Waals surface area contributed by atoms with E-state index in [9.17, 15) is 9.59 Å². The fraction of sp³-hybridized carbons (Fsp3) is 0.933. The molecule has 0 bridgehead atoms. The summed E-state index contributed by atoms with van der Waals surface area (Å²) in [5.41, 5.74) is 0. The molecule has 0 radical (unpaired) electrons. The first-order valence-corrected chi connectivity index (χ1v) is 14.7. The number of hydrogen-bond acceptors (Lipinski definition) is 2. The Hall–Kier alpha value is -1.06. The minimum atomic E-state index is -0.657. The Balaban J connectivity index is 0. The molecule has 2 N–H and O–H groups in total. The van der Waals surface area contributed by atoms with Crippen molar-refractivity contribution in [2.75, 3.05) is 0 Å². The van der Waals surface area contributed by atoms with Crippen molar-refractivity contribution < 1.29 is 19.8 Å². The van der Waals surface area contributed by atoms with Gasteiger partial charge in [-0.25, -0.2) is 0 Å². The molecule has 0 unspecified atom stereocenters. The number of carbonyl (C=O) groups is 2. The summed E-state index contributed by atoms with van der Waals surface area (Å²) in [6.45, 7) is 9.16. The molecule has 0 spiro atoms. The van der Waals surface area contributed by atoms with Gasteiger partial charge < -0.3 is 10.2 Å². The molecular formula is C30H60O4. The van der Waals surface area contributed by atoms with Crippen LogP contribution in [0.1, 0.15) is 169 Å². The molecule has 0 aliphatic heterocycles. The van der Waals surface area contributed by atoms with Crippen molar-refractivity contribution in [1.29, 1.82) is 0 Å². The van der Waals surface area contributed by atoms with Gasteiger partial charge in [-0.3, -0.25) is 9.59 Å². The van der Waals surface area contributed by atoms with E-state index in [0.717, 1.165) is 37.5 Å². The first-order valence-electron chi connectivity index (χ1n) is 14.7. The minimum Gasteiger partial charge on any atom is -0.481 e. The molecule has 0 atom stereocenters. The summed E-state index contributed by atoms with van der Waals surface area (Å²) < 4.78 is 0. The van der Waals surface area contributed by atoms with Gasteiger partial charge in [-0.1, -0.05) is 143 Å². The van der Waals surface area contributed by atoms with Gasteiger partial charge in [0.15, 0.2) is 0 Å². The molecular weight excluding hydrogens is 424 g/mol. The minimum absolute atomic E-state index is 0.342. The van der Waals surface area contributed by atoms with Crippen LogP contribution >= 0.6 is 0 Å². The Morgan fingerprint density at radius 3 is 0.824 bits per heavy atom. The Morgan fingerprint density at radius 1 is 0.412 bits per heavy atom. The molecule has 0 saturated carbocycles. The monoisotopic (exact) mass is 484 g/mol. The molecule has 0 saturated heterocycles. The van der Waals surface area contributed by atoms with Gasteiger partial charge in [-0.05, 0) is 24.7 Å². The highest BCUT2D eigenvalue weighted by molar-refractivity contribution is 5.66. The smallest absolute Gasteiger partial charge is 0.303 e. The first kappa shape index (κ1) is 35.1. The van der Waals surface area contributed by atoms with E-state index in [1.165, 1.54) is 103 Å². The quantitative estimate of drug-likeness (QED) is 0.134. The normalized spacial score (nSPS) is 11.0. The van der Waals surface area contributed by atoms with Crippen LogP contribution in [0.3, 0.4) is 0 Å². The maximum atomic E-state index is 10.3. The van der Waals surface area contributed by atoms with Gasteiger partial charge in [0.2, 0.25) is 0 Å². The van der Waals surface area contributed by atoms with E-state index in [1.54, 1.807) is 0 Å². The third-order valence-corrected chi connectivity index (χ3v) is 6.34. The Morgan fingerprint density at radius 2 is 0.618 bits per heavy atom. The van der Waals surface area contributed by atoms with Crippen molar-refractivity contribution in [3.05, 3.63) is 0 Å². The predicted octanol–water partition coefficient (Wildman–Crippen LogP) is 10.0. The molecule has 0 amide bonds. The highest BCUT2D eigenvalue weighted by atomic mass is 16.4. The average molecular weight is 485 g/mol. The zero-order valence-corrected chi connectivity index (χ0v) is 23.4. The summed E-state index contributed by atoms with van der Waals surface area (Å²) in [5, 5.41) is 17.0. The topological polar surface area (TPSA) is 74.6 Å². The molecule has 0 aromatic carbocycles. The van der Waals surface area contributed by atoms with Crippen molar-refractivity contribution in [2.45, 2.75) is 169 Å². The number of carboxylic acid groups (broad SMARTS) is 2. The summed E-state index contributed by atoms with van der Waals surface area (Å²) in [4.78, 5) is 20.6. The summed E-state index contributed by atoms with van der Waals surface area (Å²) in [7, 11) is 0. The van der Waals surface area contributed by atoms with Crippen molar-refractivity contribution in [1.82, 2.24) is 0 Å². The lowest BCUT2D eigenvalue weighted by atomic mass is 10.0. The standard InChI is InChI=1S/2C15H30O2/c2*1-14(2)12-10-8-6-4-3-5-7-9-11-13-15(16)17/h2*14H,3-13H2,1-2H3,(H,16,17). The Labute approximate surface area is 212 Å². The van der Waals surface area contributed by atoms with Gasteiger partial charge in [0.25, 0.3) is 0 Å².